The summed E-state index contributed by atoms with van der Waals surface area (Å²) in [7, 11) is 1.20. The lowest BCUT2D eigenvalue weighted by Gasteiger charge is -2.12. The first-order valence-corrected chi connectivity index (χ1v) is 9.03. The molecule has 8 nitrogen and oxygen atoms in total. The lowest BCUT2D eigenvalue weighted by molar-refractivity contribution is -0.119. The van der Waals surface area contributed by atoms with Gasteiger partial charge in [-0.25, -0.2) is 4.79 Å². The molecule has 3 rings (SSSR count). The number of ether oxygens (including phenoxy) is 1. The zero-order valence-electron chi connectivity index (χ0n) is 14.8. The molecule has 0 unspecified atom stereocenters. The molecule has 0 spiro atoms. The van der Waals surface area contributed by atoms with E-state index in [1.807, 2.05) is 34.9 Å². The molecule has 2 heterocycles. The summed E-state index contributed by atoms with van der Waals surface area (Å²) < 4.78 is 11.8. The highest BCUT2D eigenvalue weighted by atomic mass is 32.2. The minimum absolute atomic E-state index is 0.472. The number of rotatable bonds is 6. The van der Waals surface area contributed by atoms with Crippen LogP contribution in [0.1, 0.15) is 12.5 Å². The quantitative estimate of drug-likeness (QED) is 0.650. The van der Waals surface area contributed by atoms with Crippen molar-refractivity contribution in [3.63, 3.8) is 0 Å². The maximum atomic E-state index is 12.1. The number of carbonyl (C=O) groups is 2. The maximum Gasteiger partial charge on any atom is 0.413 e. The van der Waals surface area contributed by atoms with Crippen molar-refractivity contribution in [3.05, 3.63) is 54.3 Å². The van der Waals surface area contributed by atoms with Gasteiger partial charge in [-0.15, -0.1) is 10.2 Å². The highest BCUT2D eigenvalue weighted by molar-refractivity contribution is 8.00. The Kier molecular flexibility index (Phi) is 5.92. The molecule has 0 aliphatic heterocycles. The summed E-state index contributed by atoms with van der Waals surface area (Å²) in [5, 5.41) is 10.5. The fourth-order valence-electron chi connectivity index (χ4n) is 2.34. The van der Waals surface area contributed by atoms with Crippen molar-refractivity contribution in [1.82, 2.24) is 20.1 Å². The van der Waals surface area contributed by atoms with E-state index in [0.29, 0.717) is 23.3 Å². The average Bonchev–Trinajstić information content (AvgIpc) is 3.33. The topological polar surface area (TPSA) is 99.2 Å². The van der Waals surface area contributed by atoms with Crippen molar-refractivity contribution in [1.29, 1.82) is 0 Å². The molecule has 1 aromatic carbocycles. The normalized spacial score (nSPS) is 11.8. The molecule has 0 bridgehead atoms. The van der Waals surface area contributed by atoms with Crippen molar-refractivity contribution in [3.8, 4) is 11.6 Å². The summed E-state index contributed by atoms with van der Waals surface area (Å²) in [4.78, 5) is 23.4. The van der Waals surface area contributed by atoms with Gasteiger partial charge in [0.05, 0.1) is 25.2 Å². The molecule has 0 radical (unpaired) electrons. The summed E-state index contributed by atoms with van der Waals surface area (Å²) in [5.41, 5.74) is 1.05. The van der Waals surface area contributed by atoms with Crippen molar-refractivity contribution in [2.45, 2.75) is 23.9 Å². The Morgan fingerprint density at radius 2 is 2.00 bits per heavy atom. The number of methoxy groups -OCH3 is 1. The van der Waals surface area contributed by atoms with Crippen molar-refractivity contribution >= 4 is 23.8 Å². The second kappa shape index (κ2) is 8.54. The van der Waals surface area contributed by atoms with Crippen LogP contribution in [0.2, 0.25) is 0 Å². The first-order chi connectivity index (χ1) is 13.1. The summed E-state index contributed by atoms with van der Waals surface area (Å²) in [6.07, 6.45) is 0.769. The van der Waals surface area contributed by atoms with Crippen molar-refractivity contribution in [2.24, 2.45) is 0 Å². The van der Waals surface area contributed by atoms with E-state index < -0.39 is 17.3 Å². The van der Waals surface area contributed by atoms with Gasteiger partial charge in [0.1, 0.15) is 0 Å². The predicted octanol–water partition coefficient (Wildman–Crippen LogP) is 2.95. The Morgan fingerprint density at radius 1 is 1.22 bits per heavy atom. The molecule has 0 aliphatic rings. The molecule has 1 atom stereocenters. The van der Waals surface area contributed by atoms with Gasteiger partial charge in [0, 0.05) is 0 Å². The summed E-state index contributed by atoms with van der Waals surface area (Å²) in [5.74, 6) is 0.671. The van der Waals surface area contributed by atoms with Gasteiger partial charge in [-0.3, -0.25) is 14.7 Å². The third-order valence-electron chi connectivity index (χ3n) is 3.70. The van der Waals surface area contributed by atoms with Crippen LogP contribution in [-0.2, 0) is 16.1 Å². The second-order valence-corrected chi connectivity index (χ2v) is 6.90. The standard InChI is InChI=1S/C18H18N4O4S/c1-12(16(23)19-18(24)25-2)27-17-21-20-15(14-9-6-10-26-14)22(17)11-13-7-4-3-5-8-13/h3-10,12H,11H2,1-2H3,(H,19,23,24)/t12-/m0/s1. The van der Waals surface area contributed by atoms with E-state index >= 15 is 0 Å². The molecular formula is C18H18N4O4S. The SMILES string of the molecule is COC(=O)NC(=O)[C@H](C)Sc1nnc(-c2ccco2)n1Cc1ccccc1. The second-order valence-electron chi connectivity index (χ2n) is 5.60. The molecule has 0 saturated heterocycles. The van der Waals surface area contributed by atoms with E-state index in [4.69, 9.17) is 4.42 Å². The van der Waals surface area contributed by atoms with Gasteiger partial charge in [0.25, 0.3) is 0 Å². The Bertz CT molecular complexity index is 909. The first-order valence-electron chi connectivity index (χ1n) is 8.15. The number of alkyl carbamates (subject to hydrolysis) is 1. The number of hydrogen-bond donors (Lipinski definition) is 1. The average molecular weight is 386 g/mol. The van der Waals surface area contributed by atoms with Gasteiger partial charge >= 0.3 is 6.09 Å². The number of amides is 2. The number of thioether (sulfide) groups is 1. The van der Waals surface area contributed by atoms with E-state index in [0.717, 1.165) is 5.56 Å². The zero-order chi connectivity index (χ0) is 19.2. The largest absolute Gasteiger partial charge is 0.461 e. The fraction of sp³-hybridized carbons (Fsp3) is 0.222. The summed E-state index contributed by atoms with van der Waals surface area (Å²) in [6.45, 7) is 2.19. The lowest BCUT2D eigenvalue weighted by atomic mass is 10.2. The molecule has 140 valence electrons. The zero-order valence-corrected chi connectivity index (χ0v) is 15.6. The number of aromatic nitrogens is 3. The van der Waals surface area contributed by atoms with Crippen LogP contribution >= 0.6 is 11.8 Å². The van der Waals surface area contributed by atoms with Gasteiger partial charge in [-0.1, -0.05) is 42.1 Å². The van der Waals surface area contributed by atoms with E-state index in [1.165, 1.54) is 18.9 Å². The van der Waals surface area contributed by atoms with Gasteiger partial charge in [0.15, 0.2) is 10.9 Å². The number of nitrogens with zero attached hydrogens (tertiary/aromatic N) is 3. The van der Waals surface area contributed by atoms with Gasteiger partial charge in [-0.05, 0) is 24.6 Å². The van der Waals surface area contributed by atoms with E-state index in [2.05, 4.69) is 20.3 Å². The minimum atomic E-state index is -0.797. The van der Waals surface area contributed by atoms with E-state index in [-0.39, 0.29) is 0 Å². The van der Waals surface area contributed by atoms with Gasteiger partial charge in [-0.2, -0.15) is 0 Å². The van der Waals surface area contributed by atoms with Crippen molar-refractivity contribution in [2.75, 3.05) is 7.11 Å². The van der Waals surface area contributed by atoms with Crippen LogP contribution in [0.5, 0.6) is 0 Å². The molecule has 0 saturated carbocycles. The van der Waals surface area contributed by atoms with Crippen molar-refractivity contribution < 1.29 is 18.7 Å². The number of benzene rings is 1. The third kappa shape index (κ3) is 4.56. The number of imide groups is 1. The number of carbonyl (C=O) groups excluding carboxylic acids is 2. The number of nitrogens with one attached hydrogen (secondary N) is 1. The molecule has 3 aromatic rings. The molecular weight excluding hydrogens is 368 g/mol. The monoisotopic (exact) mass is 386 g/mol. The Morgan fingerprint density at radius 3 is 2.67 bits per heavy atom. The smallest absolute Gasteiger partial charge is 0.413 e. The van der Waals surface area contributed by atoms with E-state index in [9.17, 15) is 9.59 Å². The molecule has 0 fully saturated rings. The molecule has 0 aliphatic carbocycles. The highest BCUT2D eigenvalue weighted by Crippen LogP contribution is 2.28. The number of hydrogen-bond acceptors (Lipinski definition) is 7. The Labute approximate surface area is 159 Å². The predicted molar refractivity (Wildman–Crippen MR) is 99.1 cm³/mol. The molecule has 1 N–H and O–H groups in total. The fourth-order valence-corrected chi connectivity index (χ4v) is 3.19. The summed E-state index contributed by atoms with van der Waals surface area (Å²) in [6, 6.07) is 13.4. The van der Waals surface area contributed by atoms with Crippen LogP contribution in [0, 0.1) is 0 Å². The van der Waals surface area contributed by atoms with Crippen LogP contribution in [-0.4, -0.2) is 39.1 Å². The number of furan rings is 1. The highest BCUT2D eigenvalue weighted by Gasteiger charge is 2.23. The van der Waals surface area contributed by atoms with Gasteiger partial charge < -0.3 is 9.15 Å². The third-order valence-corrected chi connectivity index (χ3v) is 4.78. The van der Waals surface area contributed by atoms with Crippen LogP contribution in [0.3, 0.4) is 0 Å². The molecule has 2 amide bonds. The van der Waals surface area contributed by atoms with Crippen LogP contribution in [0.25, 0.3) is 11.6 Å². The molecule has 9 heteroatoms. The van der Waals surface area contributed by atoms with Crippen LogP contribution in [0.15, 0.2) is 58.3 Å². The Hall–Kier alpha value is -3.07. The van der Waals surface area contributed by atoms with Gasteiger partial charge in [0.2, 0.25) is 11.7 Å². The Balaban J connectivity index is 1.86. The summed E-state index contributed by atoms with van der Waals surface area (Å²) >= 11 is 1.20. The first kappa shape index (κ1) is 18.7. The lowest BCUT2D eigenvalue weighted by Crippen LogP contribution is -2.36. The molecule has 2 aromatic heterocycles. The van der Waals surface area contributed by atoms with E-state index in [1.54, 1.807) is 25.3 Å². The van der Waals surface area contributed by atoms with Crippen LogP contribution in [0.4, 0.5) is 4.79 Å². The van der Waals surface area contributed by atoms with Crippen LogP contribution < -0.4 is 5.32 Å². The minimum Gasteiger partial charge on any atom is -0.461 e. The molecule has 27 heavy (non-hydrogen) atoms. The maximum absolute atomic E-state index is 12.1.